The minimum Gasteiger partial charge on any atom is -0.495 e. The molecule has 2 nitrogen and oxygen atoms in total. The largest absolute Gasteiger partial charge is 0.495 e. The number of ether oxygens (including phenoxy) is 1. The monoisotopic (exact) mass is 267 g/mol. The summed E-state index contributed by atoms with van der Waals surface area (Å²) >= 11 is 6.11. The van der Waals surface area contributed by atoms with Gasteiger partial charge in [-0.15, -0.1) is 0 Å². The van der Waals surface area contributed by atoms with Crippen LogP contribution in [0.3, 0.4) is 0 Å². The first-order valence-electron chi connectivity index (χ1n) is 6.85. The van der Waals surface area contributed by atoms with Crippen molar-refractivity contribution in [2.24, 2.45) is 0 Å². The van der Waals surface area contributed by atoms with E-state index in [4.69, 9.17) is 16.3 Å². The number of rotatable bonds is 5. The van der Waals surface area contributed by atoms with Gasteiger partial charge in [0.05, 0.1) is 12.1 Å². The van der Waals surface area contributed by atoms with Crippen molar-refractivity contribution in [1.82, 2.24) is 5.32 Å². The molecule has 1 fully saturated rings. The number of methoxy groups -OCH3 is 1. The van der Waals surface area contributed by atoms with Crippen LogP contribution >= 0.6 is 11.6 Å². The molecule has 0 amide bonds. The summed E-state index contributed by atoms with van der Waals surface area (Å²) in [7, 11) is 1.64. The number of benzene rings is 1. The topological polar surface area (TPSA) is 21.3 Å². The van der Waals surface area contributed by atoms with E-state index >= 15 is 0 Å². The quantitative estimate of drug-likeness (QED) is 0.876. The zero-order valence-corrected chi connectivity index (χ0v) is 11.8. The lowest BCUT2D eigenvalue weighted by atomic mass is 9.95. The van der Waals surface area contributed by atoms with E-state index in [1.54, 1.807) is 7.11 Å². The molecular weight excluding hydrogens is 246 g/mol. The Hall–Kier alpha value is -0.730. The number of halogens is 1. The molecule has 2 rings (SSSR count). The van der Waals surface area contributed by atoms with Crippen molar-refractivity contribution >= 4 is 11.6 Å². The molecule has 0 bridgehead atoms. The lowest BCUT2D eigenvalue weighted by Crippen LogP contribution is -2.32. The Morgan fingerprint density at radius 3 is 2.72 bits per heavy atom. The van der Waals surface area contributed by atoms with Gasteiger partial charge in [-0.25, -0.2) is 0 Å². The summed E-state index contributed by atoms with van der Waals surface area (Å²) in [6.45, 7) is 1.04. The molecule has 100 valence electrons. The summed E-state index contributed by atoms with van der Waals surface area (Å²) in [6, 6.07) is 6.77. The van der Waals surface area contributed by atoms with Gasteiger partial charge in [0, 0.05) is 6.04 Å². The zero-order valence-electron chi connectivity index (χ0n) is 11.0. The van der Waals surface area contributed by atoms with Gasteiger partial charge in [-0.3, -0.25) is 0 Å². The van der Waals surface area contributed by atoms with Crippen LogP contribution in [-0.4, -0.2) is 19.7 Å². The van der Waals surface area contributed by atoms with Crippen LogP contribution in [0, 0.1) is 0 Å². The van der Waals surface area contributed by atoms with Gasteiger partial charge >= 0.3 is 0 Å². The number of hydrogen-bond acceptors (Lipinski definition) is 2. The number of hydrogen-bond donors (Lipinski definition) is 1. The smallest absolute Gasteiger partial charge is 0.137 e. The highest BCUT2D eigenvalue weighted by molar-refractivity contribution is 6.32. The van der Waals surface area contributed by atoms with Crippen LogP contribution in [0.4, 0.5) is 0 Å². The van der Waals surface area contributed by atoms with Crippen molar-refractivity contribution in [3.8, 4) is 5.75 Å². The summed E-state index contributed by atoms with van der Waals surface area (Å²) < 4.78 is 5.15. The highest BCUT2D eigenvalue weighted by atomic mass is 35.5. The van der Waals surface area contributed by atoms with E-state index in [2.05, 4.69) is 11.4 Å². The third-order valence-electron chi connectivity index (χ3n) is 3.67. The molecule has 0 saturated heterocycles. The van der Waals surface area contributed by atoms with Crippen LogP contribution in [-0.2, 0) is 6.42 Å². The molecule has 0 aliphatic heterocycles. The average molecular weight is 268 g/mol. The van der Waals surface area contributed by atoms with E-state index in [0.29, 0.717) is 5.02 Å². The Kier molecular flexibility index (Phi) is 5.33. The van der Waals surface area contributed by atoms with Crippen molar-refractivity contribution in [2.75, 3.05) is 13.7 Å². The summed E-state index contributed by atoms with van der Waals surface area (Å²) in [6.07, 6.45) is 7.87. The first kappa shape index (κ1) is 13.7. The van der Waals surface area contributed by atoms with Gasteiger partial charge in [-0.2, -0.15) is 0 Å². The van der Waals surface area contributed by atoms with Crippen molar-refractivity contribution in [3.63, 3.8) is 0 Å². The highest BCUT2D eigenvalue weighted by Gasteiger charge is 2.12. The Morgan fingerprint density at radius 1 is 1.28 bits per heavy atom. The van der Waals surface area contributed by atoms with Gasteiger partial charge in [0.15, 0.2) is 0 Å². The fourth-order valence-electron chi connectivity index (χ4n) is 2.59. The fraction of sp³-hybridized carbons (Fsp3) is 0.600. The molecule has 18 heavy (non-hydrogen) atoms. The molecule has 1 saturated carbocycles. The van der Waals surface area contributed by atoms with Crippen molar-refractivity contribution in [3.05, 3.63) is 28.8 Å². The SMILES string of the molecule is COc1ccc(CCNC2CCCCC2)cc1Cl. The minimum atomic E-state index is 0.702. The van der Waals surface area contributed by atoms with Crippen LogP contribution in [0.2, 0.25) is 5.02 Å². The molecule has 3 heteroatoms. The third-order valence-corrected chi connectivity index (χ3v) is 3.96. The summed E-state index contributed by atoms with van der Waals surface area (Å²) in [5.74, 6) is 0.751. The van der Waals surface area contributed by atoms with Gasteiger partial charge in [0.2, 0.25) is 0 Å². The molecule has 1 aromatic rings. The second-order valence-electron chi connectivity index (χ2n) is 5.01. The molecule has 1 aromatic carbocycles. The van der Waals surface area contributed by atoms with Gasteiger partial charge in [-0.05, 0) is 43.5 Å². The Morgan fingerprint density at radius 2 is 2.06 bits per heavy atom. The van der Waals surface area contributed by atoms with Crippen molar-refractivity contribution in [1.29, 1.82) is 0 Å². The predicted octanol–water partition coefficient (Wildman–Crippen LogP) is 3.81. The van der Waals surface area contributed by atoms with E-state index < -0.39 is 0 Å². The van der Waals surface area contributed by atoms with Crippen molar-refractivity contribution < 1.29 is 4.74 Å². The van der Waals surface area contributed by atoms with E-state index in [-0.39, 0.29) is 0 Å². The fourth-order valence-corrected chi connectivity index (χ4v) is 2.87. The molecule has 0 unspecified atom stereocenters. The second kappa shape index (κ2) is 7.01. The molecule has 1 aliphatic carbocycles. The maximum Gasteiger partial charge on any atom is 0.137 e. The molecule has 0 spiro atoms. The molecule has 1 N–H and O–H groups in total. The summed E-state index contributed by atoms with van der Waals surface area (Å²) in [5, 5.41) is 4.35. The predicted molar refractivity (Wildman–Crippen MR) is 76.6 cm³/mol. The van der Waals surface area contributed by atoms with Crippen LogP contribution in [0.25, 0.3) is 0 Å². The number of nitrogens with one attached hydrogen (secondary N) is 1. The second-order valence-corrected chi connectivity index (χ2v) is 5.42. The lowest BCUT2D eigenvalue weighted by molar-refractivity contribution is 0.375. The van der Waals surface area contributed by atoms with Crippen molar-refractivity contribution in [2.45, 2.75) is 44.6 Å². The molecular formula is C15H22ClNO. The van der Waals surface area contributed by atoms with E-state index in [0.717, 1.165) is 24.8 Å². The van der Waals surface area contributed by atoms with Crippen LogP contribution in [0.1, 0.15) is 37.7 Å². The highest BCUT2D eigenvalue weighted by Crippen LogP contribution is 2.25. The zero-order chi connectivity index (χ0) is 12.8. The summed E-state index contributed by atoms with van der Waals surface area (Å²) in [5.41, 5.74) is 1.27. The Bertz CT molecular complexity index is 375. The van der Waals surface area contributed by atoms with Crippen LogP contribution < -0.4 is 10.1 Å². The maximum absolute atomic E-state index is 6.11. The van der Waals surface area contributed by atoms with Crippen LogP contribution in [0.5, 0.6) is 5.75 Å². The van der Waals surface area contributed by atoms with E-state index in [1.807, 2.05) is 12.1 Å². The Labute approximate surface area is 115 Å². The standard InChI is InChI=1S/C15H22ClNO/c1-18-15-8-7-12(11-14(15)16)9-10-17-13-5-3-2-4-6-13/h7-8,11,13,17H,2-6,9-10H2,1H3. The molecule has 0 aromatic heterocycles. The van der Waals surface area contributed by atoms with Gasteiger partial charge < -0.3 is 10.1 Å². The van der Waals surface area contributed by atoms with E-state index in [9.17, 15) is 0 Å². The normalized spacial score (nSPS) is 16.8. The van der Waals surface area contributed by atoms with E-state index in [1.165, 1.54) is 37.7 Å². The first-order valence-corrected chi connectivity index (χ1v) is 7.23. The van der Waals surface area contributed by atoms with Gasteiger partial charge in [0.25, 0.3) is 0 Å². The summed E-state index contributed by atoms with van der Waals surface area (Å²) in [4.78, 5) is 0. The maximum atomic E-state index is 6.11. The van der Waals surface area contributed by atoms with Gasteiger partial charge in [0.1, 0.15) is 5.75 Å². The first-order chi connectivity index (χ1) is 8.79. The molecule has 0 atom stereocenters. The van der Waals surface area contributed by atoms with Gasteiger partial charge in [-0.1, -0.05) is 36.9 Å². The average Bonchev–Trinajstić information content (AvgIpc) is 2.40. The minimum absolute atomic E-state index is 0.702. The molecule has 0 heterocycles. The van der Waals surface area contributed by atoms with Crippen LogP contribution in [0.15, 0.2) is 18.2 Å². The molecule has 0 radical (unpaired) electrons. The third kappa shape index (κ3) is 3.89. The Balaban J connectivity index is 1.77. The molecule has 1 aliphatic rings. The lowest BCUT2D eigenvalue weighted by Gasteiger charge is -2.22.